The molecule has 13 heavy (non-hydrogen) atoms. The van der Waals surface area contributed by atoms with Gasteiger partial charge < -0.3 is 9.42 Å². The van der Waals surface area contributed by atoms with Gasteiger partial charge in [0.2, 0.25) is 0 Å². The smallest absolute Gasteiger partial charge is 0.141 e. The van der Waals surface area contributed by atoms with Crippen LogP contribution in [0.3, 0.4) is 0 Å². The minimum absolute atomic E-state index is 0.620. The van der Waals surface area contributed by atoms with Gasteiger partial charge in [-0.1, -0.05) is 5.16 Å². The van der Waals surface area contributed by atoms with Crippen LogP contribution in [-0.2, 0) is 0 Å². The first-order chi connectivity index (χ1) is 6.33. The highest BCUT2D eigenvalue weighted by atomic mass is 16.5. The van der Waals surface area contributed by atoms with Crippen molar-refractivity contribution in [3.05, 3.63) is 17.5 Å². The SMILES string of the molecule is Cc1cc(C2CN3CCC2C3)on1. The Morgan fingerprint density at radius 1 is 1.54 bits per heavy atom. The molecule has 0 aromatic carbocycles. The van der Waals surface area contributed by atoms with Crippen molar-refractivity contribution in [2.24, 2.45) is 5.92 Å². The minimum atomic E-state index is 0.620. The van der Waals surface area contributed by atoms with E-state index in [1.165, 1.54) is 26.1 Å². The second-order valence-corrected chi connectivity index (χ2v) is 4.29. The summed E-state index contributed by atoms with van der Waals surface area (Å²) in [4.78, 5) is 2.52. The second kappa shape index (κ2) is 2.58. The molecular weight excluding hydrogens is 164 g/mol. The maximum absolute atomic E-state index is 5.32. The van der Waals surface area contributed by atoms with E-state index in [4.69, 9.17) is 4.52 Å². The van der Waals surface area contributed by atoms with Gasteiger partial charge >= 0.3 is 0 Å². The Morgan fingerprint density at radius 3 is 3.00 bits per heavy atom. The Morgan fingerprint density at radius 2 is 2.46 bits per heavy atom. The van der Waals surface area contributed by atoms with E-state index in [-0.39, 0.29) is 0 Å². The summed E-state index contributed by atoms with van der Waals surface area (Å²) in [5.74, 6) is 2.55. The van der Waals surface area contributed by atoms with Crippen molar-refractivity contribution in [1.29, 1.82) is 0 Å². The predicted octanol–water partition coefficient (Wildman–Crippen LogP) is 1.40. The molecule has 0 aliphatic carbocycles. The van der Waals surface area contributed by atoms with Crippen LogP contribution in [0.1, 0.15) is 23.8 Å². The van der Waals surface area contributed by atoms with Gasteiger partial charge in [-0.15, -0.1) is 0 Å². The summed E-state index contributed by atoms with van der Waals surface area (Å²) < 4.78 is 5.32. The first-order valence-corrected chi connectivity index (χ1v) is 4.98. The fourth-order valence-electron chi connectivity index (χ4n) is 2.66. The fraction of sp³-hybridized carbons (Fsp3) is 0.700. The lowest BCUT2D eigenvalue weighted by Gasteiger charge is -2.18. The lowest BCUT2D eigenvalue weighted by molar-refractivity contribution is 0.294. The normalized spacial score (nSPS) is 37.2. The molecule has 2 aliphatic heterocycles. The molecule has 3 nitrogen and oxygen atoms in total. The molecule has 0 radical (unpaired) electrons. The zero-order valence-electron chi connectivity index (χ0n) is 7.86. The number of aromatic nitrogens is 1. The van der Waals surface area contributed by atoms with E-state index in [1.54, 1.807) is 0 Å². The van der Waals surface area contributed by atoms with Crippen molar-refractivity contribution in [1.82, 2.24) is 10.1 Å². The van der Waals surface area contributed by atoms with Gasteiger partial charge in [-0.25, -0.2) is 0 Å². The van der Waals surface area contributed by atoms with Gasteiger partial charge in [-0.2, -0.15) is 0 Å². The molecule has 2 aliphatic rings. The quantitative estimate of drug-likeness (QED) is 0.651. The summed E-state index contributed by atoms with van der Waals surface area (Å²) in [6.45, 7) is 5.72. The van der Waals surface area contributed by atoms with Gasteiger partial charge in [0.25, 0.3) is 0 Å². The Labute approximate surface area is 77.7 Å². The average Bonchev–Trinajstić information content (AvgIpc) is 2.77. The number of nitrogens with zero attached hydrogens (tertiary/aromatic N) is 2. The Balaban J connectivity index is 1.87. The first-order valence-electron chi connectivity index (χ1n) is 4.98. The van der Waals surface area contributed by atoms with Crippen LogP contribution in [0.4, 0.5) is 0 Å². The van der Waals surface area contributed by atoms with E-state index >= 15 is 0 Å². The lowest BCUT2D eigenvalue weighted by atomic mass is 9.90. The van der Waals surface area contributed by atoms with Gasteiger partial charge in [0, 0.05) is 25.1 Å². The lowest BCUT2D eigenvalue weighted by Crippen LogP contribution is -2.21. The molecule has 2 fully saturated rings. The third-order valence-electron chi connectivity index (χ3n) is 3.34. The van der Waals surface area contributed by atoms with Gasteiger partial charge in [0.05, 0.1) is 5.69 Å². The summed E-state index contributed by atoms with van der Waals surface area (Å²) >= 11 is 0. The van der Waals surface area contributed by atoms with E-state index < -0.39 is 0 Å². The van der Waals surface area contributed by atoms with Crippen molar-refractivity contribution < 1.29 is 4.52 Å². The molecule has 3 unspecified atom stereocenters. The van der Waals surface area contributed by atoms with E-state index in [0.29, 0.717) is 5.92 Å². The first kappa shape index (κ1) is 7.56. The molecule has 3 heteroatoms. The molecule has 1 aromatic rings. The maximum atomic E-state index is 5.32. The number of piperidine rings is 1. The van der Waals surface area contributed by atoms with E-state index in [2.05, 4.69) is 16.1 Å². The molecular formula is C10H14N2O. The highest BCUT2D eigenvalue weighted by molar-refractivity contribution is 5.14. The van der Waals surface area contributed by atoms with Crippen LogP contribution in [-0.4, -0.2) is 29.7 Å². The summed E-state index contributed by atoms with van der Waals surface area (Å²) in [7, 11) is 0. The summed E-state index contributed by atoms with van der Waals surface area (Å²) in [6, 6.07) is 2.09. The molecule has 0 N–H and O–H groups in total. The van der Waals surface area contributed by atoms with Gasteiger partial charge in [0.1, 0.15) is 5.76 Å². The van der Waals surface area contributed by atoms with Gasteiger partial charge in [-0.3, -0.25) is 0 Å². The number of aryl methyl sites for hydroxylation is 1. The molecule has 2 bridgehead atoms. The molecule has 0 saturated carbocycles. The van der Waals surface area contributed by atoms with Crippen LogP contribution in [0.15, 0.2) is 10.6 Å². The second-order valence-electron chi connectivity index (χ2n) is 4.29. The number of hydrogen-bond donors (Lipinski definition) is 0. The number of rotatable bonds is 1. The van der Waals surface area contributed by atoms with Gasteiger partial charge in [0.15, 0.2) is 0 Å². The molecule has 3 rings (SSSR count). The highest BCUT2D eigenvalue weighted by Gasteiger charge is 2.40. The van der Waals surface area contributed by atoms with Crippen LogP contribution in [0.2, 0.25) is 0 Å². The van der Waals surface area contributed by atoms with Crippen LogP contribution >= 0.6 is 0 Å². The standard InChI is InChI=1S/C10H14N2O/c1-7-4-10(13-11-7)9-6-12-3-2-8(9)5-12/h4,8-9H,2-3,5-6H2,1H3. The molecule has 2 saturated heterocycles. The molecule has 1 aromatic heterocycles. The summed E-state index contributed by atoms with van der Waals surface area (Å²) in [6.07, 6.45) is 1.34. The third-order valence-corrected chi connectivity index (χ3v) is 3.34. The van der Waals surface area contributed by atoms with Crippen LogP contribution in [0, 0.1) is 12.8 Å². The molecule has 3 heterocycles. The zero-order valence-corrected chi connectivity index (χ0v) is 7.86. The highest BCUT2D eigenvalue weighted by Crippen LogP contribution is 2.39. The zero-order chi connectivity index (χ0) is 8.84. The van der Waals surface area contributed by atoms with Crippen molar-refractivity contribution in [2.45, 2.75) is 19.3 Å². The Kier molecular flexibility index (Phi) is 1.50. The van der Waals surface area contributed by atoms with Crippen LogP contribution in [0.5, 0.6) is 0 Å². The number of hydrogen-bond acceptors (Lipinski definition) is 3. The molecule has 0 spiro atoms. The van der Waals surface area contributed by atoms with Crippen molar-refractivity contribution in [3.63, 3.8) is 0 Å². The van der Waals surface area contributed by atoms with Gasteiger partial charge in [-0.05, 0) is 25.8 Å². The monoisotopic (exact) mass is 178 g/mol. The summed E-state index contributed by atoms with van der Waals surface area (Å²) in [5.41, 5.74) is 1.01. The third kappa shape index (κ3) is 1.10. The summed E-state index contributed by atoms with van der Waals surface area (Å²) in [5, 5.41) is 3.95. The number of fused-ring (bicyclic) bond motifs is 2. The minimum Gasteiger partial charge on any atom is -0.361 e. The largest absolute Gasteiger partial charge is 0.361 e. The molecule has 3 atom stereocenters. The van der Waals surface area contributed by atoms with E-state index in [1.807, 2.05) is 6.92 Å². The topological polar surface area (TPSA) is 29.3 Å². The van der Waals surface area contributed by atoms with Crippen LogP contribution in [0.25, 0.3) is 0 Å². The molecule has 0 amide bonds. The molecule has 70 valence electrons. The van der Waals surface area contributed by atoms with Crippen molar-refractivity contribution in [2.75, 3.05) is 19.6 Å². The van der Waals surface area contributed by atoms with Crippen molar-refractivity contribution in [3.8, 4) is 0 Å². The fourth-order valence-corrected chi connectivity index (χ4v) is 2.66. The van der Waals surface area contributed by atoms with E-state index in [9.17, 15) is 0 Å². The van der Waals surface area contributed by atoms with Crippen molar-refractivity contribution >= 4 is 0 Å². The van der Waals surface area contributed by atoms with Crippen LogP contribution < -0.4 is 0 Å². The Hall–Kier alpha value is -0.830. The van der Waals surface area contributed by atoms with E-state index in [0.717, 1.165) is 17.4 Å². The Bertz CT molecular complexity index is 320. The average molecular weight is 178 g/mol. The predicted molar refractivity (Wildman–Crippen MR) is 48.5 cm³/mol. The maximum Gasteiger partial charge on any atom is 0.141 e.